The summed E-state index contributed by atoms with van der Waals surface area (Å²) in [4.78, 5) is 22.3. The summed E-state index contributed by atoms with van der Waals surface area (Å²) in [5.74, 6) is 2.18. The molecule has 8 nitrogen and oxygen atoms in total. The van der Waals surface area contributed by atoms with Crippen molar-refractivity contribution in [2.45, 2.75) is 38.3 Å². The van der Waals surface area contributed by atoms with Gasteiger partial charge in [-0.1, -0.05) is 30.3 Å². The van der Waals surface area contributed by atoms with Gasteiger partial charge in [-0.15, -0.1) is 0 Å². The van der Waals surface area contributed by atoms with Crippen LogP contribution in [0.15, 0.2) is 48.5 Å². The van der Waals surface area contributed by atoms with Crippen molar-refractivity contribution >= 4 is 28.4 Å². The summed E-state index contributed by atoms with van der Waals surface area (Å²) in [7, 11) is 4.00. The third kappa shape index (κ3) is 5.13. The second-order valence-electron chi connectivity index (χ2n) is 8.66. The molecule has 2 N–H and O–H groups in total. The van der Waals surface area contributed by atoms with Gasteiger partial charge in [-0.3, -0.25) is 10.1 Å². The molecule has 0 spiro atoms. The first kappa shape index (κ1) is 22.0. The molecule has 32 heavy (non-hydrogen) atoms. The minimum absolute atomic E-state index is 0.181. The molecule has 1 aliphatic carbocycles. The number of hydrogen-bond donors (Lipinski definition) is 2. The van der Waals surface area contributed by atoms with Gasteiger partial charge in [0.25, 0.3) is 5.69 Å². The molecule has 8 heteroatoms. The van der Waals surface area contributed by atoms with Gasteiger partial charge in [0.05, 0.1) is 10.4 Å². The average Bonchev–Trinajstić information content (AvgIpc) is 2.80. The average molecular weight is 435 g/mol. The molecule has 0 bridgehead atoms. The van der Waals surface area contributed by atoms with Crippen molar-refractivity contribution in [1.82, 2.24) is 15.3 Å². The lowest BCUT2D eigenvalue weighted by Crippen LogP contribution is -2.31. The van der Waals surface area contributed by atoms with E-state index in [4.69, 9.17) is 9.97 Å². The van der Waals surface area contributed by atoms with Gasteiger partial charge in [0.1, 0.15) is 5.82 Å². The van der Waals surface area contributed by atoms with Crippen molar-refractivity contribution in [1.29, 1.82) is 0 Å². The predicted molar refractivity (Wildman–Crippen MR) is 128 cm³/mol. The molecule has 0 radical (unpaired) electrons. The molecule has 0 amide bonds. The van der Waals surface area contributed by atoms with E-state index < -0.39 is 0 Å². The van der Waals surface area contributed by atoms with Gasteiger partial charge in [-0.25, -0.2) is 4.98 Å². The molecule has 3 aromatic rings. The van der Waals surface area contributed by atoms with E-state index in [1.165, 1.54) is 0 Å². The smallest absolute Gasteiger partial charge is 0.273 e. The van der Waals surface area contributed by atoms with Crippen LogP contribution in [-0.2, 0) is 6.54 Å². The lowest BCUT2D eigenvalue weighted by molar-refractivity contribution is -0.385. The van der Waals surface area contributed by atoms with Crippen LogP contribution in [0.2, 0.25) is 0 Å². The number of anilines is 2. The minimum atomic E-state index is -0.315. The van der Waals surface area contributed by atoms with Crippen molar-refractivity contribution in [3.05, 3.63) is 64.2 Å². The van der Waals surface area contributed by atoms with E-state index in [1.54, 1.807) is 12.1 Å². The Balaban J connectivity index is 1.30. The first-order chi connectivity index (χ1) is 15.5. The van der Waals surface area contributed by atoms with Crippen molar-refractivity contribution in [2.24, 2.45) is 5.92 Å². The van der Waals surface area contributed by atoms with Crippen molar-refractivity contribution in [3.63, 3.8) is 0 Å². The van der Waals surface area contributed by atoms with Gasteiger partial charge < -0.3 is 15.5 Å². The third-order valence-electron chi connectivity index (χ3n) is 6.12. The molecule has 4 rings (SSSR count). The summed E-state index contributed by atoms with van der Waals surface area (Å²) in [5.41, 5.74) is 1.86. The molecule has 1 heterocycles. The normalized spacial score (nSPS) is 18.4. The molecule has 0 aliphatic heterocycles. The Morgan fingerprint density at radius 2 is 1.75 bits per heavy atom. The van der Waals surface area contributed by atoms with Gasteiger partial charge in [-0.2, -0.15) is 4.98 Å². The van der Waals surface area contributed by atoms with Crippen molar-refractivity contribution in [3.8, 4) is 0 Å². The topological polar surface area (TPSA) is 96.2 Å². The maximum atomic E-state index is 11.2. The SMILES string of the molecule is CN(C)c1nc(N[C@H]2CC[C@@H](CNCc3ccccc3[N+](=O)[O-])CC2)nc2ccccc12. The van der Waals surface area contributed by atoms with Crippen LogP contribution in [0.5, 0.6) is 0 Å². The quantitative estimate of drug-likeness (QED) is 0.401. The molecule has 2 aromatic carbocycles. The molecular formula is C24H30N6O2. The first-order valence-corrected chi connectivity index (χ1v) is 11.1. The molecule has 0 saturated heterocycles. The zero-order valence-corrected chi connectivity index (χ0v) is 18.6. The number of para-hydroxylation sites is 2. The number of rotatable bonds is 8. The van der Waals surface area contributed by atoms with Crippen molar-refractivity contribution < 1.29 is 4.92 Å². The summed E-state index contributed by atoms with van der Waals surface area (Å²) in [6.45, 7) is 1.39. The van der Waals surface area contributed by atoms with Crippen LogP contribution < -0.4 is 15.5 Å². The standard InChI is InChI=1S/C24H30N6O2/c1-29(2)23-20-8-4-5-9-21(20)27-24(28-23)26-19-13-11-17(12-14-19)15-25-16-18-7-3-6-10-22(18)30(31)32/h3-10,17,19,25H,11-16H2,1-2H3,(H,26,27,28)/t17-,19+. The van der Waals surface area contributed by atoms with Crippen LogP contribution in [0.1, 0.15) is 31.2 Å². The second-order valence-corrected chi connectivity index (χ2v) is 8.66. The molecule has 1 aliphatic rings. The predicted octanol–water partition coefficient (Wildman–Crippen LogP) is 4.36. The number of nitrogens with zero attached hydrogens (tertiary/aromatic N) is 4. The van der Waals surface area contributed by atoms with E-state index in [-0.39, 0.29) is 10.6 Å². The summed E-state index contributed by atoms with van der Waals surface area (Å²) >= 11 is 0. The summed E-state index contributed by atoms with van der Waals surface area (Å²) in [5, 5.41) is 19.2. The van der Waals surface area contributed by atoms with Crippen molar-refractivity contribution in [2.75, 3.05) is 30.9 Å². The number of benzene rings is 2. The van der Waals surface area contributed by atoms with Crippen LogP contribution in [0.4, 0.5) is 17.5 Å². The fraction of sp³-hybridized carbons (Fsp3) is 0.417. The Labute approximate surface area is 188 Å². The molecular weight excluding hydrogens is 404 g/mol. The fourth-order valence-electron chi connectivity index (χ4n) is 4.41. The Hall–Kier alpha value is -3.26. The number of nitro benzene ring substituents is 1. The molecule has 1 fully saturated rings. The number of nitro groups is 1. The third-order valence-corrected chi connectivity index (χ3v) is 6.12. The Kier molecular flexibility index (Phi) is 6.80. The second kappa shape index (κ2) is 9.91. The van der Waals surface area contributed by atoms with E-state index in [9.17, 15) is 10.1 Å². The maximum absolute atomic E-state index is 11.2. The van der Waals surface area contributed by atoms with Crippen LogP contribution in [0.3, 0.4) is 0 Å². The summed E-state index contributed by atoms with van der Waals surface area (Å²) in [6, 6.07) is 15.4. The number of fused-ring (bicyclic) bond motifs is 1. The summed E-state index contributed by atoms with van der Waals surface area (Å²) < 4.78 is 0. The largest absolute Gasteiger partial charge is 0.362 e. The van der Waals surface area contributed by atoms with Crippen LogP contribution >= 0.6 is 0 Å². The monoisotopic (exact) mass is 434 g/mol. The van der Waals surface area contributed by atoms with Crippen LogP contribution in [0, 0.1) is 16.0 Å². The Bertz CT molecular complexity index is 1080. The maximum Gasteiger partial charge on any atom is 0.273 e. The zero-order chi connectivity index (χ0) is 22.5. The molecule has 0 unspecified atom stereocenters. The van der Waals surface area contributed by atoms with Gasteiger partial charge in [0, 0.05) is 43.7 Å². The zero-order valence-electron chi connectivity index (χ0n) is 18.6. The van der Waals surface area contributed by atoms with Gasteiger partial charge in [0.15, 0.2) is 0 Å². The molecule has 1 aromatic heterocycles. The number of aromatic nitrogens is 2. The molecule has 168 valence electrons. The number of hydrogen-bond acceptors (Lipinski definition) is 7. The van der Waals surface area contributed by atoms with Crippen LogP contribution in [-0.4, -0.2) is 41.6 Å². The molecule has 0 atom stereocenters. The van der Waals surface area contributed by atoms with E-state index in [0.29, 0.717) is 24.5 Å². The lowest BCUT2D eigenvalue weighted by atomic mass is 9.86. The Morgan fingerprint density at radius 1 is 1.03 bits per heavy atom. The Morgan fingerprint density at radius 3 is 2.50 bits per heavy atom. The first-order valence-electron chi connectivity index (χ1n) is 11.1. The van der Waals surface area contributed by atoms with E-state index in [1.807, 2.05) is 49.3 Å². The highest BCUT2D eigenvalue weighted by Gasteiger charge is 2.22. The molecule has 1 saturated carbocycles. The van der Waals surface area contributed by atoms with Crippen LogP contribution in [0.25, 0.3) is 10.9 Å². The minimum Gasteiger partial charge on any atom is -0.362 e. The van der Waals surface area contributed by atoms with E-state index >= 15 is 0 Å². The highest BCUT2D eigenvalue weighted by Crippen LogP contribution is 2.28. The van der Waals surface area contributed by atoms with E-state index in [0.717, 1.165) is 54.5 Å². The summed E-state index contributed by atoms with van der Waals surface area (Å²) in [6.07, 6.45) is 4.34. The fourth-order valence-corrected chi connectivity index (χ4v) is 4.41. The highest BCUT2D eigenvalue weighted by atomic mass is 16.6. The lowest BCUT2D eigenvalue weighted by Gasteiger charge is -2.29. The van der Waals surface area contributed by atoms with Gasteiger partial charge in [-0.05, 0) is 50.3 Å². The van der Waals surface area contributed by atoms with Gasteiger partial charge in [0.2, 0.25) is 5.95 Å². The van der Waals surface area contributed by atoms with E-state index in [2.05, 4.69) is 16.7 Å². The number of nitrogens with one attached hydrogen (secondary N) is 2. The van der Waals surface area contributed by atoms with Gasteiger partial charge >= 0.3 is 0 Å². The highest BCUT2D eigenvalue weighted by molar-refractivity contribution is 5.90.